The maximum Gasteiger partial charge on any atom is 0.290 e. The molecule has 2 aliphatic rings. The Labute approximate surface area is 185 Å². The number of likely N-dealkylation sites (tertiary alicyclic amines) is 2. The predicted molar refractivity (Wildman–Crippen MR) is 119 cm³/mol. The highest BCUT2D eigenvalue weighted by Gasteiger charge is 2.49. The van der Waals surface area contributed by atoms with Crippen LogP contribution in [0.5, 0.6) is 0 Å². The lowest BCUT2D eigenvalue weighted by Crippen LogP contribution is -2.36. The zero-order chi connectivity index (χ0) is 22.7. The first-order valence-electron chi connectivity index (χ1n) is 10.9. The van der Waals surface area contributed by atoms with Crippen molar-refractivity contribution < 1.29 is 19.1 Å². The van der Waals surface area contributed by atoms with Crippen molar-refractivity contribution in [2.45, 2.75) is 19.4 Å². The number of carboxylic acid groups (broad SMARTS) is 1. The molecule has 168 valence electrons. The molecule has 2 aliphatic heterocycles. The van der Waals surface area contributed by atoms with Gasteiger partial charge in [0.05, 0.1) is 6.04 Å². The number of nitrogens with one attached hydrogen (secondary N) is 1. The van der Waals surface area contributed by atoms with Crippen LogP contribution in [-0.2, 0) is 4.79 Å². The molecule has 2 aromatic heterocycles. The molecule has 7 nitrogen and oxygen atoms in total. The number of rotatable bonds is 4. The number of halogens is 1. The number of H-pyrrole nitrogens is 1. The second-order valence-electron chi connectivity index (χ2n) is 8.36. The van der Waals surface area contributed by atoms with Crippen LogP contribution in [-0.4, -0.2) is 63.4 Å². The van der Waals surface area contributed by atoms with Gasteiger partial charge in [-0.05, 0) is 54.8 Å². The lowest BCUT2D eigenvalue weighted by molar-refractivity contribution is -0.122. The first-order chi connectivity index (χ1) is 15.5. The minimum absolute atomic E-state index is 0.0767. The Hall–Kier alpha value is -3.26. The smallest absolute Gasteiger partial charge is 0.290 e. The average molecular weight is 439 g/mol. The number of nitrogens with zero attached hydrogens (tertiary/aromatic N) is 3. The van der Waals surface area contributed by atoms with Crippen LogP contribution in [0, 0.1) is 17.7 Å². The number of hydrogen-bond donors (Lipinski definition) is 2. The molecule has 32 heavy (non-hydrogen) atoms. The molecule has 0 aliphatic carbocycles. The molecular formula is C24H27FN4O3. The van der Waals surface area contributed by atoms with Gasteiger partial charge in [0, 0.05) is 37.1 Å². The summed E-state index contributed by atoms with van der Waals surface area (Å²) in [5.74, 6) is 0.398. The number of benzene rings is 1. The van der Waals surface area contributed by atoms with Gasteiger partial charge >= 0.3 is 0 Å². The Kier molecular flexibility index (Phi) is 6.50. The molecule has 0 unspecified atom stereocenters. The number of fused-ring (bicyclic) bond motifs is 2. The highest BCUT2D eigenvalue weighted by molar-refractivity contribution is 5.95. The number of pyridine rings is 1. The largest absolute Gasteiger partial charge is 0.483 e. The Bertz CT molecular complexity index is 1100. The second kappa shape index (κ2) is 9.48. The third-order valence-electron chi connectivity index (χ3n) is 6.36. The molecule has 1 aromatic carbocycles. The second-order valence-corrected chi connectivity index (χ2v) is 8.36. The molecule has 2 saturated heterocycles. The monoisotopic (exact) mass is 438 g/mol. The molecule has 3 aromatic rings. The summed E-state index contributed by atoms with van der Waals surface area (Å²) in [6.45, 7) is 5.65. The van der Waals surface area contributed by atoms with Crippen LogP contribution >= 0.6 is 0 Å². The number of aromatic amines is 1. The van der Waals surface area contributed by atoms with E-state index in [1.807, 2.05) is 29.3 Å². The minimum atomic E-state index is -0.257. The van der Waals surface area contributed by atoms with E-state index >= 15 is 0 Å². The quantitative estimate of drug-likeness (QED) is 0.608. The minimum Gasteiger partial charge on any atom is -0.483 e. The molecule has 0 radical (unpaired) electrons. The van der Waals surface area contributed by atoms with Crippen LogP contribution in [0.3, 0.4) is 0 Å². The Morgan fingerprint density at radius 3 is 2.81 bits per heavy atom. The van der Waals surface area contributed by atoms with Gasteiger partial charge in [-0.15, -0.1) is 0 Å². The van der Waals surface area contributed by atoms with Gasteiger partial charge in [0.25, 0.3) is 12.4 Å². The zero-order valence-corrected chi connectivity index (χ0v) is 17.9. The lowest BCUT2D eigenvalue weighted by atomic mass is 9.89. The molecular weight excluding hydrogens is 411 g/mol. The Balaban J connectivity index is 0.000000775. The van der Waals surface area contributed by atoms with E-state index in [9.17, 15) is 9.18 Å². The summed E-state index contributed by atoms with van der Waals surface area (Å²) in [5, 5.41) is 7.87. The van der Waals surface area contributed by atoms with Gasteiger partial charge in [-0.3, -0.25) is 9.59 Å². The molecule has 0 bridgehead atoms. The highest BCUT2D eigenvalue weighted by Crippen LogP contribution is 2.45. The van der Waals surface area contributed by atoms with Gasteiger partial charge in [-0.1, -0.05) is 19.1 Å². The fourth-order valence-corrected chi connectivity index (χ4v) is 5.16. The van der Waals surface area contributed by atoms with E-state index in [-0.39, 0.29) is 24.2 Å². The van der Waals surface area contributed by atoms with Crippen molar-refractivity contribution in [1.29, 1.82) is 0 Å². The summed E-state index contributed by atoms with van der Waals surface area (Å²) < 4.78 is 14.0. The zero-order valence-electron chi connectivity index (χ0n) is 17.9. The number of hydrogen-bond acceptors (Lipinski definition) is 4. The van der Waals surface area contributed by atoms with Gasteiger partial charge in [0.15, 0.2) is 0 Å². The van der Waals surface area contributed by atoms with E-state index < -0.39 is 0 Å². The molecule has 8 heteroatoms. The SMILES string of the molecule is CCCN1C[C@H]2CN(C(=O)c3ccc4cc[nH]c4n3)[C@H](c3cccc(F)c3)[C@H]2C1.O=CO. The summed E-state index contributed by atoms with van der Waals surface area (Å²) >= 11 is 0. The summed E-state index contributed by atoms with van der Waals surface area (Å²) in [7, 11) is 0. The van der Waals surface area contributed by atoms with Gasteiger partial charge in [0.2, 0.25) is 0 Å². The lowest BCUT2D eigenvalue weighted by Gasteiger charge is -2.29. The van der Waals surface area contributed by atoms with Crippen molar-refractivity contribution in [2.75, 3.05) is 26.2 Å². The van der Waals surface area contributed by atoms with Gasteiger partial charge in [-0.2, -0.15) is 0 Å². The molecule has 1 amide bonds. The molecule has 2 fully saturated rings. The Morgan fingerprint density at radius 1 is 1.25 bits per heavy atom. The van der Waals surface area contributed by atoms with Crippen LogP contribution in [0.15, 0.2) is 48.7 Å². The van der Waals surface area contributed by atoms with E-state index in [0.29, 0.717) is 29.7 Å². The number of aromatic nitrogens is 2. The molecule has 0 saturated carbocycles. The summed E-state index contributed by atoms with van der Waals surface area (Å²) in [5.41, 5.74) is 2.03. The van der Waals surface area contributed by atoms with Crippen LogP contribution < -0.4 is 0 Å². The summed E-state index contributed by atoms with van der Waals surface area (Å²) in [6, 6.07) is 12.3. The van der Waals surface area contributed by atoms with Gasteiger partial charge < -0.3 is 19.9 Å². The summed E-state index contributed by atoms with van der Waals surface area (Å²) in [4.78, 5) is 33.8. The van der Waals surface area contributed by atoms with Gasteiger partial charge in [-0.25, -0.2) is 9.37 Å². The molecule has 0 spiro atoms. The van der Waals surface area contributed by atoms with Crippen molar-refractivity contribution in [3.8, 4) is 0 Å². The molecule has 2 N–H and O–H groups in total. The first kappa shape index (κ1) is 22.0. The summed E-state index contributed by atoms with van der Waals surface area (Å²) in [6.07, 6.45) is 2.94. The van der Waals surface area contributed by atoms with E-state index in [0.717, 1.165) is 37.0 Å². The van der Waals surface area contributed by atoms with Crippen LogP contribution in [0.1, 0.15) is 35.4 Å². The maximum atomic E-state index is 14.0. The third-order valence-corrected chi connectivity index (χ3v) is 6.36. The fourth-order valence-electron chi connectivity index (χ4n) is 5.16. The molecule has 3 atom stereocenters. The van der Waals surface area contributed by atoms with Crippen LogP contribution in [0.2, 0.25) is 0 Å². The number of carbonyl (C=O) groups excluding carboxylic acids is 1. The predicted octanol–water partition coefficient (Wildman–Crippen LogP) is 3.56. The van der Waals surface area contributed by atoms with E-state index in [1.165, 1.54) is 6.07 Å². The normalized spacial score (nSPS) is 22.4. The maximum absolute atomic E-state index is 14.0. The topological polar surface area (TPSA) is 89.5 Å². The van der Waals surface area contributed by atoms with Crippen LogP contribution in [0.4, 0.5) is 4.39 Å². The average Bonchev–Trinajstić information content (AvgIpc) is 3.47. The van der Waals surface area contributed by atoms with Gasteiger partial charge in [0.1, 0.15) is 17.2 Å². The Morgan fingerprint density at radius 2 is 2.06 bits per heavy atom. The van der Waals surface area contributed by atoms with Crippen molar-refractivity contribution in [3.05, 3.63) is 65.7 Å². The number of carbonyl (C=O) groups is 2. The fraction of sp³-hybridized carbons (Fsp3) is 0.375. The third kappa shape index (κ3) is 4.23. The van der Waals surface area contributed by atoms with Crippen molar-refractivity contribution in [2.24, 2.45) is 11.8 Å². The van der Waals surface area contributed by atoms with E-state index in [1.54, 1.807) is 18.2 Å². The van der Waals surface area contributed by atoms with Crippen molar-refractivity contribution in [3.63, 3.8) is 0 Å². The van der Waals surface area contributed by atoms with E-state index in [4.69, 9.17) is 9.90 Å². The molecule has 4 heterocycles. The van der Waals surface area contributed by atoms with Crippen molar-refractivity contribution in [1.82, 2.24) is 19.8 Å². The van der Waals surface area contributed by atoms with Crippen molar-refractivity contribution >= 4 is 23.4 Å². The van der Waals surface area contributed by atoms with Crippen LogP contribution in [0.25, 0.3) is 11.0 Å². The van der Waals surface area contributed by atoms with E-state index in [2.05, 4.69) is 21.8 Å². The first-order valence-corrected chi connectivity index (χ1v) is 10.9. The highest BCUT2D eigenvalue weighted by atomic mass is 19.1. The molecule has 5 rings (SSSR count). The number of amides is 1. The standard InChI is InChI=1S/C23H25FN4O.CH2O2/c1-2-10-27-12-17-13-28(21(19(17)14-27)16-4-3-5-18(24)11-16)23(29)20-7-6-15-8-9-25-22(15)26-20;2-1-3/h3-9,11,17,19,21H,2,10,12-14H2,1H3,(H,25,26);1H,(H,2,3)/t17-,19-,21+;/m0./s1.